The van der Waals surface area contributed by atoms with Crippen LogP contribution < -0.4 is 0 Å². The Morgan fingerprint density at radius 1 is 0.941 bits per heavy atom. The molecule has 0 aliphatic carbocycles. The van der Waals surface area contributed by atoms with Crippen LogP contribution in [0.25, 0.3) is 0 Å². The van der Waals surface area contributed by atoms with Gasteiger partial charge in [-0.2, -0.15) is 8.42 Å². The Labute approximate surface area is 151 Å². The molecule has 5 nitrogen and oxygen atoms in total. The largest absolute Gasteiger partial charge is 0.478 e. The Bertz CT molecular complexity index is 609. The SMILES string of the molecule is O=C(O)c1c(I)c(I)c(I)c(I)c1S(=O)(=O)O. The van der Waals surface area contributed by atoms with Crippen molar-refractivity contribution in [3.05, 3.63) is 19.8 Å². The van der Waals surface area contributed by atoms with Gasteiger partial charge in [-0.15, -0.1) is 0 Å². The average molecular weight is 706 g/mol. The molecule has 0 aliphatic heterocycles. The number of halogens is 4. The maximum Gasteiger partial charge on any atom is 0.338 e. The normalized spacial score (nSPS) is 11.6. The van der Waals surface area contributed by atoms with E-state index < -0.39 is 21.0 Å². The van der Waals surface area contributed by atoms with Crippen LogP contribution in [0.4, 0.5) is 0 Å². The third-order valence-electron chi connectivity index (χ3n) is 1.70. The Morgan fingerprint density at radius 3 is 1.71 bits per heavy atom. The molecule has 1 aromatic carbocycles. The summed E-state index contributed by atoms with van der Waals surface area (Å²) in [5, 5.41) is 9.06. The molecule has 0 aromatic heterocycles. The van der Waals surface area contributed by atoms with Crippen molar-refractivity contribution in [2.45, 2.75) is 4.90 Å². The second kappa shape index (κ2) is 5.88. The molecule has 94 valence electrons. The molecule has 17 heavy (non-hydrogen) atoms. The molecule has 0 heterocycles. The molecule has 2 N–H and O–H groups in total. The number of aromatic carboxylic acids is 1. The van der Waals surface area contributed by atoms with Gasteiger partial charge in [0, 0.05) is 14.3 Å². The summed E-state index contributed by atoms with van der Waals surface area (Å²) >= 11 is 7.32. The highest BCUT2D eigenvalue weighted by Crippen LogP contribution is 2.35. The predicted octanol–water partition coefficient (Wildman–Crippen LogP) is 3.05. The first kappa shape index (κ1) is 16.6. The van der Waals surface area contributed by atoms with E-state index >= 15 is 0 Å². The number of hydrogen-bond acceptors (Lipinski definition) is 3. The number of carbonyl (C=O) groups is 1. The van der Waals surface area contributed by atoms with E-state index in [1.165, 1.54) is 0 Å². The lowest BCUT2D eigenvalue weighted by molar-refractivity contribution is 0.0690. The number of benzene rings is 1. The summed E-state index contributed by atoms with van der Waals surface area (Å²) in [5.41, 5.74) is -0.387. The van der Waals surface area contributed by atoms with E-state index in [0.717, 1.165) is 0 Å². The highest BCUT2D eigenvalue weighted by molar-refractivity contribution is 14.1. The van der Waals surface area contributed by atoms with Gasteiger partial charge in [-0.25, -0.2) is 4.79 Å². The smallest absolute Gasteiger partial charge is 0.338 e. The van der Waals surface area contributed by atoms with Crippen LogP contribution in [-0.4, -0.2) is 24.0 Å². The van der Waals surface area contributed by atoms with Crippen LogP contribution >= 0.6 is 90.4 Å². The summed E-state index contributed by atoms with van der Waals surface area (Å²) in [6.45, 7) is 0. The number of hydrogen-bond donors (Lipinski definition) is 2. The first-order valence-corrected chi connectivity index (χ1v) is 9.41. The summed E-state index contributed by atoms with van der Waals surface area (Å²) in [6, 6.07) is 0. The van der Waals surface area contributed by atoms with Gasteiger partial charge in [0.05, 0.1) is 5.56 Å². The molecule has 0 saturated heterocycles. The van der Waals surface area contributed by atoms with E-state index in [1.54, 1.807) is 45.2 Å². The molecule has 0 bridgehead atoms. The van der Waals surface area contributed by atoms with Crippen molar-refractivity contribution in [1.29, 1.82) is 0 Å². The van der Waals surface area contributed by atoms with Crippen LogP contribution in [0.1, 0.15) is 10.4 Å². The third kappa shape index (κ3) is 3.34. The van der Waals surface area contributed by atoms with Crippen LogP contribution in [-0.2, 0) is 10.1 Å². The van der Waals surface area contributed by atoms with Crippen molar-refractivity contribution in [1.82, 2.24) is 0 Å². The summed E-state index contributed by atoms with van der Waals surface area (Å²) in [5.74, 6) is -1.38. The highest BCUT2D eigenvalue weighted by atomic mass is 127. The van der Waals surface area contributed by atoms with Gasteiger partial charge in [-0.1, -0.05) is 0 Å². The minimum absolute atomic E-state index is 0.216. The fourth-order valence-corrected chi connectivity index (χ4v) is 6.44. The molecule has 1 rings (SSSR count). The highest BCUT2D eigenvalue weighted by Gasteiger charge is 2.30. The standard InChI is InChI=1S/C7H2I4O5S/c8-2-1(7(12)13)6(17(14,15)16)5(11)4(10)3(2)9/h(H,12,13)(H,14,15,16). The van der Waals surface area contributed by atoms with Gasteiger partial charge in [-0.05, 0) is 90.4 Å². The molecule has 0 aliphatic rings. The second-order valence-corrected chi connectivity index (χ2v) is 8.41. The zero-order valence-electron chi connectivity index (χ0n) is 7.54. The van der Waals surface area contributed by atoms with Gasteiger partial charge in [-0.3, -0.25) is 4.55 Å². The Kier molecular flexibility index (Phi) is 5.73. The minimum Gasteiger partial charge on any atom is -0.478 e. The van der Waals surface area contributed by atoms with E-state index in [-0.39, 0.29) is 9.13 Å². The first-order valence-electron chi connectivity index (χ1n) is 3.65. The monoisotopic (exact) mass is 706 g/mol. The Hall–Kier alpha value is 1.52. The molecule has 0 saturated carbocycles. The van der Waals surface area contributed by atoms with Gasteiger partial charge < -0.3 is 5.11 Å². The molecular weight excluding hydrogens is 704 g/mol. The zero-order chi connectivity index (χ0) is 13.5. The number of carboxylic acid groups (broad SMARTS) is 1. The lowest BCUT2D eigenvalue weighted by Crippen LogP contribution is -2.15. The maximum absolute atomic E-state index is 11.3. The summed E-state index contributed by atoms with van der Waals surface area (Å²) in [6.07, 6.45) is 0. The summed E-state index contributed by atoms with van der Waals surface area (Å²) in [7, 11) is -4.57. The summed E-state index contributed by atoms with van der Waals surface area (Å²) < 4.78 is 33.4. The van der Waals surface area contributed by atoms with Crippen LogP contribution in [0.5, 0.6) is 0 Å². The molecule has 0 radical (unpaired) electrons. The van der Waals surface area contributed by atoms with Crippen LogP contribution in [0.15, 0.2) is 4.90 Å². The van der Waals surface area contributed by atoms with Crippen LogP contribution in [0.3, 0.4) is 0 Å². The lowest BCUT2D eigenvalue weighted by atomic mass is 10.2. The van der Waals surface area contributed by atoms with E-state index in [4.69, 9.17) is 9.66 Å². The third-order valence-corrected chi connectivity index (χ3v) is 10.4. The van der Waals surface area contributed by atoms with Crippen molar-refractivity contribution in [3.8, 4) is 0 Å². The van der Waals surface area contributed by atoms with E-state index in [1.807, 2.05) is 45.2 Å². The van der Waals surface area contributed by atoms with Gasteiger partial charge in [0.2, 0.25) is 0 Å². The zero-order valence-corrected chi connectivity index (χ0v) is 17.0. The van der Waals surface area contributed by atoms with Crippen LogP contribution in [0.2, 0.25) is 0 Å². The molecule has 1 aromatic rings. The predicted molar refractivity (Wildman–Crippen MR) is 94.1 cm³/mol. The Balaban J connectivity index is 4.00. The number of rotatable bonds is 2. The fourth-order valence-electron chi connectivity index (χ4n) is 1.04. The average Bonchev–Trinajstić information content (AvgIpc) is 2.17. The Morgan fingerprint density at radius 2 is 1.35 bits per heavy atom. The van der Waals surface area contributed by atoms with Crippen molar-refractivity contribution < 1.29 is 22.9 Å². The molecule has 0 unspecified atom stereocenters. The van der Waals surface area contributed by atoms with Gasteiger partial charge in [0.1, 0.15) is 4.90 Å². The van der Waals surface area contributed by atoms with Crippen LogP contribution in [0, 0.1) is 14.3 Å². The first-order chi connectivity index (χ1) is 7.59. The van der Waals surface area contributed by atoms with Gasteiger partial charge in [0.25, 0.3) is 10.1 Å². The van der Waals surface area contributed by atoms with Gasteiger partial charge in [0.15, 0.2) is 0 Å². The van der Waals surface area contributed by atoms with Gasteiger partial charge >= 0.3 is 5.97 Å². The van der Waals surface area contributed by atoms with Crippen molar-refractivity contribution >= 4 is 106 Å². The molecule has 10 heteroatoms. The maximum atomic E-state index is 11.3. The van der Waals surface area contributed by atoms with Crippen molar-refractivity contribution in [2.24, 2.45) is 0 Å². The summed E-state index contributed by atoms with van der Waals surface area (Å²) in [4.78, 5) is 10.6. The number of carboxylic acids is 1. The van der Waals surface area contributed by atoms with E-state index in [2.05, 4.69) is 0 Å². The second-order valence-electron chi connectivity index (χ2n) is 2.74. The molecular formula is C7H2I4O5S. The quantitative estimate of drug-likeness (QED) is 0.214. The molecule has 0 amide bonds. The van der Waals surface area contributed by atoms with E-state index in [9.17, 15) is 13.2 Å². The van der Waals surface area contributed by atoms with Crippen molar-refractivity contribution in [2.75, 3.05) is 0 Å². The van der Waals surface area contributed by atoms with Crippen molar-refractivity contribution in [3.63, 3.8) is 0 Å². The minimum atomic E-state index is -4.57. The van der Waals surface area contributed by atoms with E-state index in [0.29, 0.717) is 10.7 Å². The fraction of sp³-hybridized carbons (Fsp3) is 0. The molecule has 0 spiro atoms. The topological polar surface area (TPSA) is 91.7 Å². The molecule has 0 atom stereocenters. The lowest BCUT2D eigenvalue weighted by Gasteiger charge is -2.12. The molecule has 0 fully saturated rings.